The molecule has 150 valence electrons. The van der Waals surface area contributed by atoms with Gasteiger partial charge in [-0.05, 0) is 50.2 Å². The van der Waals surface area contributed by atoms with E-state index < -0.39 is 41.6 Å². The zero-order valence-corrected chi connectivity index (χ0v) is 14.9. The minimum atomic E-state index is -4.90. The lowest BCUT2D eigenvalue weighted by Gasteiger charge is -2.42. The highest BCUT2D eigenvalue weighted by molar-refractivity contribution is 5.94. The van der Waals surface area contributed by atoms with Crippen LogP contribution in [-0.2, 0) is 0 Å². The summed E-state index contributed by atoms with van der Waals surface area (Å²) < 4.78 is 60.5. The van der Waals surface area contributed by atoms with Crippen LogP contribution in [0.15, 0.2) is 42.5 Å². The Kier molecular flexibility index (Phi) is 4.97. The van der Waals surface area contributed by atoms with Crippen LogP contribution < -0.4 is 14.8 Å². The number of rotatable bonds is 3. The van der Waals surface area contributed by atoms with E-state index in [2.05, 4.69) is 10.1 Å². The summed E-state index contributed by atoms with van der Waals surface area (Å²) in [6.45, 7) is 3.14. The average Bonchev–Trinajstić information content (AvgIpc) is 2.58. The SMILES string of the molecule is CC1(C)Oc2ccc(OC(F)(F)F)cc2[C@@H](NC(=O)c2cccc(F)c2)[C@@H]1O. The third kappa shape index (κ3) is 4.19. The van der Waals surface area contributed by atoms with E-state index in [1.54, 1.807) is 13.8 Å². The molecule has 0 aliphatic carbocycles. The van der Waals surface area contributed by atoms with Crippen molar-refractivity contribution in [2.24, 2.45) is 0 Å². The molecule has 0 aromatic heterocycles. The Hall–Kier alpha value is -2.81. The minimum Gasteiger partial charge on any atom is -0.485 e. The van der Waals surface area contributed by atoms with Crippen molar-refractivity contribution in [2.45, 2.75) is 38.0 Å². The smallest absolute Gasteiger partial charge is 0.485 e. The molecule has 2 N–H and O–H groups in total. The second kappa shape index (κ2) is 6.97. The fourth-order valence-electron chi connectivity index (χ4n) is 2.99. The van der Waals surface area contributed by atoms with Crippen molar-refractivity contribution in [3.05, 3.63) is 59.4 Å². The number of alkyl halides is 3. The topological polar surface area (TPSA) is 67.8 Å². The molecule has 5 nitrogen and oxygen atoms in total. The molecule has 28 heavy (non-hydrogen) atoms. The van der Waals surface area contributed by atoms with Crippen LogP contribution >= 0.6 is 0 Å². The molecule has 0 radical (unpaired) electrons. The van der Waals surface area contributed by atoms with Gasteiger partial charge < -0.3 is 19.9 Å². The maximum Gasteiger partial charge on any atom is 0.573 e. The second-order valence-electron chi connectivity index (χ2n) is 6.86. The number of nitrogens with one attached hydrogen (secondary N) is 1. The van der Waals surface area contributed by atoms with Crippen molar-refractivity contribution in [3.8, 4) is 11.5 Å². The number of carbonyl (C=O) groups is 1. The van der Waals surface area contributed by atoms with Crippen LogP contribution in [0.3, 0.4) is 0 Å². The minimum absolute atomic E-state index is 0.000689. The number of ether oxygens (including phenoxy) is 2. The maximum atomic E-state index is 13.4. The van der Waals surface area contributed by atoms with Crippen LogP contribution in [0, 0.1) is 5.82 Å². The molecule has 9 heteroatoms. The number of aliphatic hydroxyl groups excluding tert-OH is 1. The first-order valence-electron chi connectivity index (χ1n) is 8.29. The zero-order valence-electron chi connectivity index (χ0n) is 14.9. The van der Waals surface area contributed by atoms with Crippen LogP contribution in [0.1, 0.15) is 35.8 Å². The summed E-state index contributed by atoms with van der Waals surface area (Å²) in [7, 11) is 0. The quantitative estimate of drug-likeness (QED) is 0.772. The van der Waals surface area contributed by atoms with Crippen LogP contribution in [0.25, 0.3) is 0 Å². The van der Waals surface area contributed by atoms with Gasteiger partial charge in [-0.2, -0.15) is 0 Å². The van der Waals surface area contributed by atoms with E-state index in [9.17, 15) is 27.5 Å². The molecule has 0 saturated carbocycles. The molecule has 1 aliphatic rings. The summed E-state index contributed by atoms with van der Waals surface area (Å²) in [5, 5.41) is 13.2. The summed E-state index contributed by atoms with van der Waals surface area (Å²) in [5.41, 5.74) is -1.03. The van der Waals surface area contributed by atoms with Crippen LogP contribution in [0.4, 0.5) is 17.6 Å². The van der Waals surface area contributed by atoms with Gasteiger partial charge in [0.15, 0.2) is 0 Å². The Morgan fingerprint density at radius 1 is 1.21 bits per heavy atom. The lowest BCUT2D eigenvalue weighted by Crippen LogP contribution is -2.53. The highest BCUT2D eigenvalue weighted by Gasteiger charge is 2.44. The van der Waals surface area contributed by atoms with Crippen molar-refractivity contribution in [1.82, 2.24) is 5.32 Å². The molecule has 1 aliphatic heterocycles. The van der Waals surface area contributed by atoms with E-state index in [4.69, 9.17) is 4.74 Å². The number of fused-ring (bicyclic) bond motifs is 1. The standard InChI is InChI=1S/C19H17F4NO4/c1-18(2)16(25)15(24-17(26)10-4-3-5-11(20)8-10)13-9-12(27-19(21,22)23)6-7-14(13)28-18/h3-9,15-16,25H,1-2H3,(H,24,26)/t15-,16+/m1/s1. The Bertz CT molecular complexity index is 898. The highest BCUT2D eigenvalue weighted by atomic mass is 19.4. The fourth-order valence-corrected chi connectivity index (χ4v) is 2.99. The number of benzene rings is 2. The van der Waals surface area contributed by atoms with Gasteiger partial charge >= 0.3 is 6.36 Å². The van der Waals surface area contributed by atoms with Gasteiger partial charge in [-0.15, -0.1) is 13.2 Å². The number of hydrogen-bond donors (Lipinski definition) is 2. The van der Waals surface area contributed by atoms with E-state index in [0.717, 1.165) is 18.2 Å². The molecule has 3 rings (SSSR count). The number of amides is 1. The molecule has 0 spiro atoms. The van der Waals surface area contributed by atoms with E-state index in [1.165, 1.54) is 24.3 Å². The lowest BCUT2D eigenvalue weighted by atomic mass is 9.86. The predicted molar refractivity (Wildman–Crippen MR) is 90.4 cm³/mol. The molecule has 1 amide bonds. The zero-order chi connectivity index (χ0) is 20.7. The van der Waals surface area contributed by atoms with Gasteiger partial charge in [0.25, 0.3) is 5.91 Å². The van der Waals surface area contributed by atoms with Gasteiger partial charge in [-0.1, -0.05) is 6.07 Å². The van der Waals surface area contributed by atoms with Gasteiger partial charge in [-0.3, -0.25) is 4.79 Å². The molecular weight excluding hydrogens is 382 g/mol. The van der Waals surface area contributed by atoms with Crippen molar-refractivity contribution in [2.75, 3.05) is 0 Å². The predicted octanol–water partition coefficient (Wildman–Crippen LogP) is 3.73. The molecule has 0 fully saturated rings. The maximum absolute atomic E-state index is 13.4. The van der Waals surface area contributed by atoms with Crippen molar-refractivity contribution in [3.63, 3.8) is 0 Å². The molecule has 1 heterocycles. The van der Waals surface area contributed by atoms with Crippen LogP contribution in [0.2, 0.25) is 0 Å². The summed E-state index contributed by atoms with van der Waals surface area (Å²) in [4.78, 5) is 12.5. The van der Waals surface area contributed by atoms with Gasteiger partial charge in [0.1, 0.15) is 29.0 Å². The lowest BCUT2D eigenvalue weighted by molar-refractivity contribution is -0.274. The largest absolute Gasteiger partial charge is 0.573 e. The Morgan fingerprint density at radius 2 is 1.93 bits per heavy atom. The first-order chi connectivity index (χ1) is 13.0. The van der Waals surface area contributed by atoms with E-state index in [1.807, 2.05) is 0 Å². The summed E-state index contributed by atoms with van der Waals surface area (Å²) >= 11 is 0. The van der Waals surface area contributed by atoms with Crippen LogP contribution in [0.5, 0.6) is 11.5 Å². The van der Waals surface area contributed by atoms with Crippen LogP contribution in [-0.4, -0.2) is 29.1 Å². The summed E-state index contributed by atoms with van der Waals surface area (Å²) in [6, 6.07) is 7.17. The normalized spacial score (nSPS) is 20.7. The summed E-state index contributed by atoms with van der Waals surface area (Å²) in [5.74, 6) is -1.66. The number of carbonyl (C=O) groups excluding carboxylic acids is 1. The average molecular weight is 399 g/mol. The van der Waals surface area contributed by atoms with Crippen molar-refractivity contribution < 1.29 is 36.9 Å². The molecule has 2 atom stereocenters. The van der Waals surface area contributed by atoms with Gasteiger partial charge in [-0.25, -0.2) is 4.39 Å². The second-order valence-corrected chi connectivity index (χ2v) is 6.86. The Balaban J connectivity index is 1.97. The Labute approximate surface area is 157 Å². The molecule has 2 aromatic rings. The first kappa shape index (κ1) is 19.9. The highest BCUT2D eigenvalue weighted by Crippen LogP contribution is 2.42. The van der Waals surface area contributed by atoms with E-state index in [-0.39, 0.29) is 16.9 Å². The van der Waals surface area contributed by atoms with E-state index in [0.29, 0.717) is 0 Å². The molecule has 0 saturated heterocycles. The number of aliphatic hydroxyl groups is 1. The van der Waals surface area contributed by atoms with Crippen molar-refractivity contribution >= 4 is 5.91 Å². The number of hydrogen-bond acceptors (Lipinski definition) is 4. The number of halogens is 4. The first-order valence-corrected chi connectivity index (χ1v) is 8.29. The van der Waals surface area contributed by atoms with Gasteiger partial charge in [0, 0.05) is 11.1 Å². The molecular formula is C19H17F4NO4. The molecule has 0 bridgehead atoms. The summed E-state index contributed by atoms with van der Waals surface area (Å²) in [6.07, 6.45) is -6.19. The molecule has 0 unspecified atom stereocenters. The third-order valence-corrected chi connectivity index (χ3v) is 4.32. The van der Waals surface area contributed by atoms with Crippen molar-refractivity contribution in [1.29, 1.82) is 0 Å². The monoisotopic (exact) mass is 399 g/mol. The molecule has 2 aromatic carbocycles. The Morgan fingerprint density at radius 3 is 2.57 bits per heavy atom. The van der Waals surface area contributed by atoms with E-state index >= 15 is 0 Å². The third-order valence-electron chi connectivity index (χ3n) is 4.32. The van der Waals surface area contributed by atoms with Gasteiger partial charge in [0.05, 0.1) is 6.04 Å². The van der Waals surface area contributed by atoms with Gasteiger partial charge in [0.2, 0.25) is 0 Å². The fraction of sp³-hybridized carbons (Fsp3) is 0.316.